The van der Waals surface area contributed by atoms with Crippen molar-refractivity contribution in [2.45, 2.75) is 30.6 Å². The van der Waals surface area contributed by atoms with Gasteiger partial charge in [-0.1, -0.05) is 17.7 Å². The average Bonchev–Trinajstić information content (AvgIpc) is 2.83. The molecule has 0 aliphatic heterocycles. The second-order valence-electron chi connectivity index (χ2n) is 3.89. The highest BCUT2D eigenvalue weighted by Crippen LogP contribution is 2.46. The van der Waals surface area contributed by atoms with E-state index in [0.29, 0.717) is 17.0 Å². The molecule has 2 rings (SSSR count). The molecule has 1 saturated carbocycles. The molecule has 3 heteroatoms. The largest absolute Gasteiger partial charge is 0.207 e. The minimum atomic E-state index is -0.224. The fourth-order valence-corrected chi connectivity index (χ4v) is 1.82. The standard InChI is InChI=1S/C11H11Cl2F/c12-9-2-1-8(10(14)7-9)3-4-11(13)5-6-11/h1-2,7H,3-6H2. The van der Waals surface area contributed by atoms with Crippen LogP contribution in [0.25, 0.3) is 0 Å². The van der Waals surface area contributed by atoms with Crippen molar-refractivity contribution in [2.24, 2.45) is 0 Å². The van der Waals surface area contributed by atoms with Crippen molar-refractivity contribution in [2.75, 3.05) is 0 Å². The van der Waals surface area contributed by atoms with Gasteiger partial charge in [0.25, 0.3) is 0 Å². The normalized spacial score (nSPS) is 18.2. The summed E-state index contributed by atoms with van der Waals surface area (Å²) in [5.41, 5.74) is 0.710. The lowest BCUT2D eigenvalue weighted by molar-refractivity contribution is 0.601. The molecule has 1 aromatic rings. The van der Waals surface area contributed by atoms with E-state index in [1.807, 2.05) is 0 Å². The smallest absolute Gasteiger partial charge is 0.127 e. The van der Waals surface area contributed by atoms with Gasteiger partial charge in [-0.3, -0.25) is 0 Å². The summed E-state index contributed by atoms with van der Waals surface area (Å²) in [6.45, 7) is 0. The molecule has 1 aliphatic rings. The van der Waals surface area contributed by atoms with Crippen LogP contribution in [0, 0.1) is 5.82 Å². The Balaban J connectivity index is 2.02. The van der Waals surface area contributed by atoms with Gasteiger partial charge in [-0.05, 0) is 43.4 Å². The molecule has 0 amide bonds. The molecule has 0 aromatic heterocycles. The topological polar surface area (TPSA) is 0 Å². The van der Waals surface area contributed by atoms with E-state index >= 15 is 0 Å². The quantitative estimate of drug-likeness (QED) is 0.687. The summed E-state index contributed by atoms with van der Waals surface area (Å²) in [7, 11) is 0. The highest BCUT2D eigenvalue weighted by atomic mass is 35.5. The molecule has 14 heavy (non-hydrogen) atoms. The summed E-state index contributed by atoms with van der Waals surface area (Å²) in [6, 6.07) is 4.80. The minimum absolute atomic E-state index is 0.0356. The third kappa shape index (κ3) is 2.40. The summed E-state index contributed by atoms with van der Waals surface area (Å²) < 4.78 is 13.3. The number of benzene rings is 1. The second-order valence-corrected chi connectivity index (χ2v) is 5.12. The number of hydrogen-bond acceptors (Lipinski definition) is 0. The third-order valence-electron chi connectivity index (χ3n) is 2.65. The van der Waals surface area contributed by atoms with E-state index in [4.69, 9.17) is 23.2 Å². The van der Waals surface area contributed by atoms with Gasteiger partial charge in [0.15, 0.2) is 0 Å². The van der Waals surface area contributed by atoms with Gasteiger partial charge in [-0.15, -0.1) is 11.6 Å². The zero-order chi connectivity index (χ0) is 10.2. The number of hydrogen-bond donors (Lipinski definition) is 0. The Kier molecular flexibility index (Phi) is 2.72. The van der Waals surface area contributed by atoms with Gasteiger partial charge in [0.05, 0.1) is 0 Å². The third-order valence-corrected chi connectivity index (χ3v) is 3.45. The van der Waals surface area contributed by atoms with Crippen molar-refractivity contribution < 1.29 is 4.39 Å². The fourth-order valence-electron chi connectivity index (χ4n) is 1.47. The predicted molar refractivity (Wildman–Crippen MR) is 57.5 cm³/mol. The van der Waals surface area contributed by atoms with Crippen molar-refractivity contribution in [3.05, 3.63) is 34.6 Å². The molecule has 0 saturated heterocycles. The van der Waals surface area contributed by atoms with Gasteiger partial charge in [0.1, 0.15) is 5.82 Å². The van der Waals surface area contributed by atoms with Crippen LogP contribution in [0.3, 0.4) is 0 Å². The fraction of sp³-hybridized carbons (Fsp3) is 0.455. The lowest BCUT2D eigenvalue weighted by atomic mass is 10.1. The Bertz CT molecular complexity index is 345. The Morgan fingerprint density at radius 2 is 2.07 bits per heavy atom. The summed E-state index contributed by atoms with van der Waals surface area (Å²) in [5.74, 6) is -0.224. The SMILES string of the molecule is Fc1cc(Cl)ccc1CCC1(Cl)CC1. The summed E-state index contributed by atoms with van der Waals surface area (Å²) in [5, 5.41) is 0.443. The van der Waals surface area contributed by atoms with Gasteiger partial charge in [-0.2, -0.15) is 0 Å². The van der Waals surface area contributed by atoms with Crippen molar-refractivity contribution in [3.63, 3.8) is 0 Å². The Morgan fingerprint density at radius 1 is 1.36 bits per heavy atom. The van der Waals surface area contributed by atoms with Crippen LogP contribution >= 0.6 is 23.2 Å². The molecule has 0 heterocycles. The van der Waals surface area contributed by atoms with E-state index in [-0.39, 0.29) is 10.7 Å². The highest BCUT2D eigenvalue weighted by molar-refractivity contribution is 6.30. The van der Waals surface area contributed by atoms with E-state index in [1.165, 1.54) is 6.07 Å². The van der Waals surface area contributed by atoms with Crippen LogP contribution in [0.2, 0.25) is 5.02 Å². The van der Waals surface area contributed by atoms with Gasteiger partial charge in [-0.25, -0.2) is 4.39 Å². The predicted octanol–water partition coefficient (Wildman–Crippen LogP) is 4.18. The van der Waals surface area contributed by atoms with Gasteiger partial charge in [0, 0.05) is 9.90 Å². The van der Waals surface area contributed by atoms with Crippen LogP contribution in [0.5, 0.6) is 0 Å². The van der Waals surface area contributed by atoms with Crippen molar-refractivity contribution in [3.8, 4) is 0 Å². The van der Waals surface area contributed by atoms with Crippen molar-refractivity contribution >= 4 is 23.2 Å². The molecule has 1 fully saturated rings. The molecule has 0 atom stereocenters. The zero-order valence-electron chi connectivity index (χ0n) is 7.69. The monoisotopic (exact) mass is 232 g/mol. The first-order chi connectivity index (χ1) is 6.59. The van der Waals surface area contributed by atoms with Crippen LogP contribution in [0.1, 0.15) is 24.8 Å². The first-order valence-corrected chi connectivity index (χ1v) is 5.48. The lowest BCUT2D eigenvalue weighted by Crippen LogP contribution is -2.01. The van der Waals surface area contributed by atoms with Crippen LogP contribution in [0.4, 0.5) is 4.39 Å². The number of alkyl halides is 1. The molecule has 76 valence electrons. The first kappa shape index (κ1) is 10.3. The molecule has 0 bridgehead atoms. The molecular weight excluding hydrogens is 222 g/mol. The zero-order valence-corrected chi connectivity index (χ0v) is 9.21. The molecule has 1 aromatic carbocycles. The van der Waals surface area contributed by atoms with Gasteiger partial charge >= 0.3 is 0 Å². The summed E-state index contributed by atoms with van der Waals surface area (Å²) in [4.78, 5) is -0.0356. The van der Waals surface area contributed by atoms with Crippen LogP contribution < -0.4 is 0 Å². The van der Waals surface area contributed by atoms with E-state index in [0.717, 1.165) is 19.3 Å². The van der Waals surface area contributed by atoms with E-state index in [2.05, 4.69) is 0 Å². The summed E-state index contributed by atoms with van der Waals surface area (Å²) >= 11 is 11.8. The Labute approximate surface area is 93.0 Å². The number of aryl methyl sites for hydroxylation is 1. The minimum Gasteiger partial charge on any atom is -0.207 e. The van der Waals surface area contributed by atoms with Gasteiger partial charge < -0.3 is 0 Å². The molecule has 0 unspecified atom stereocenters. The molecule has 0 radical (unpaired) electrons. The number of rotatable bonds is 3. The lowest BCUT2D eigenvalue weighted by Gasteiger charge is -2.06. The maximum atomic E-state index is 13.3. The average molecular weight is 233 g/mol. The first-order valence-electron chi connectivity index (χ1n) is 4.72. The maximum absolute atomic E-state index is 13.3. The molecule has 0 N–H and O–H groups in total. The highest BCUT2D eigenvalue weighted by Gasteiger charge is 2.39. The van der Waals surface area contributed by atoms with Crippen LogP contribution in [-0.4, -0.2) is 4.87 Å². The maximum Gasteiger partial charge on any atom is 0.127 e. The molecule has 1 aliphatic carbocycles. The molecule has 0 spiro atoms. The van der Waals surface area contributed by atoms with E-state index in [1.54, 1.807) is 12.1 Å². The van der Waals surface area contributed by atoms with Crippen LogP contribution in [0.15, 0.2) is 18.2 Å². The van der Waals surface area contributed by atoms with Gasteiger partial charge in [0.2, 0.25) is 0 Å². The summed E-state index contributed by atoms with van der Waals surface area (Å²) in [6.07, 6.45) is 3.67. The molecular formula is C11H11Cl2F. The second kappa shape index (κ2) is 3.71. The van der Waals surface area contributed by atoms with Crippen molar-refractivity contribution in [1.82, 2.24) is 0 Å². The Hall–Kier alpha value is -0.270. The van der Waals surface area contributed by atoms with Crippen LogP contribution in [-0.2, 0) is 6.42 Å². The van der Waals surface area contributed by atoms with Crippen molar-refractivity contribution in [1.29, 1.82) is 0 Å². The van der Waals surface area contributed by atoms with E-state index < -0.39 is 0 Å². The number of halogens is 3. The Morgan fingerprint density at radius 3 is 2.64 bits per heavy atom. The molecule has 0 nitrogen and oxygen atoms in total. The van der Waals surface area contributed by atoms with E-state index in [9.17, 15) is 4.39 Å².